The van der Waals surface area contributed by atoms with Gasteiger partial charge in [0.25, 0.3) is 5.91 Å². The van der Waals surface area contributed by atoms with Crippen molar-refractivity contribution in [2.45, 2.75) is 45.3 Å². The molecule has 0 spiro atoms. The van der Waals surface area contributed by atoms with Crippen LogP contribution in [-0.4, -0.2) is 28.9 Å². The fourth-order valence-corrected chi connectivity index (χ4v) is 3.83. The lowest BCUT2D eigenvalue weighted by Crippen LogP contribution is -2.25. The van der Waals surface area contributed by atoms with Crippen molar-refractivity contribution in [3.8, 4) is 0 Å². The fourth-order valence-electron chi connectivity index (χ4n) is 3.17. The highest BCUT2D eigenvalue weighted by atomic mass is 35.5. The lowest BCUT2D eigenvalue weighted by molar-refractivity contribution is 0.0946. The van der Waals surface area contributed by atoms with E-state index in [1.807, 2.05) is 0 Å². The first-order chi connectivity index (χ1) is 12.2. The summed E-state index contributed by atoms with van der Waals surface area (Å²) in [6, 6.07) is 8.49. The number of benzene rings is 1. The quantitative estimate of drug-likeness (QED) is 0.731. The molecule has 2 heterocycles. The summed E-state index contributed by atoms with van der Waals surface area (Å²) < 4.78 is 0. The molecule has 150 valence electrons. The van der Waals surface area contributed by atoms with Gasteiger partial charge in [-0.2, -0.15) is 0 Å². The third kappa shape index (κ3) is 7.39. The van der Waals surface area contributed by atoms with E-state index >= 15 is 0 Å². The number of carbonyl (C=O) groups is 1. The molecule has 27 heavy (non-hydrogen) atoms. The van der Waals surface area contributed by atoms with Crippen LogP contribution in [-0.2, 0) is 19.6 Å². The molecule has 3 N–H and O–H groups in total. The third-order valence-electron chi connectivity index (χ3n) is 4.51. The second-order valence-electron chi connectivity index (χ2n) is 6.52. The molecule has 0 bridgehead atoms. The molecule has 2 aromatic rings. The van der Waals surface area contributed by atoms with E-state index in [0.717, 1.165) is 17.1 Å². The molecule has 0 unspecified atom stereocenters. The minimum Gasteiger partial charge on any atom is -0.347 e. The summed E-state index contributed by atoms with van der Waals surface area (Å²) in [5.74, 6) is -0.145. The summed E-state index contributed by atoms with van der Waals surface area (Å²) in [4.78, 5) is 18.9. The highest BCUT2D eigenvalue weighted by Gasteiger charge is 2.11. The van der Waals surface area contributed by atoms with Crippen molar-refractivity contribution in [3.05, 3.63) is 51.5 Å². The van der Waals surface area contributed by atoms with E-state index in [1.54, 1.807) is 5.38 Å². The first-order valence-corrected chi connectivity index (χ1v) is 9.85. The lowest BCUT2D eigenvalue weighted by Gasteiger charge is -2.20. The Labute approximate surface area is 177 Å². The van der Waals surface area contributed by atoms with Gasteiger partial charge in [0.05, 0.1) is 0 Å². The summed E-state index contributed by atoms with van der Waals surface area (Å²) in [7, 11) is 0. The average Bonchev–Trinajstić information content (AvgIpc) is 2.98. The summed E-state index contributed by atoms with van der Waals surface area (Å²) in [5, 5.41) is 5.48. The maximum absolute atomic E-state index is 12.2. The number of nitrogens with one attached hydrogen (secondary N) is 1. The van der Waals surface area contributed by atoms with E-state index in [2.05, 4.69) is 39.5 Å². The standard InChI is InChI=1S/C19H26N4OS.2ClH/c20-11-18-22-17(14-25-18)19(24)21-12-15-6-5-7-16(10-15)13-23-8-3-1-2-4-9-23;;/h5-7,10,14H,1-4,8-9,11-13,20H2,(H,21,24);2*1H. The molecular formula is C19H28Cl2N4OS. The van der Waals surface area contributed by atoms with Gasteiger partial charge in [0, 0.05) is 25.0 Å². The molecular weight excluding hydrogens is 403 g/mol. The summed E-state index contributed by atoms with van der Waals surface area (Å²) in [5.41, 5.74) is 8.43. The van der Waals surface area contributed by atoms with Crippen molar-refractivity contribution in [3.63, 3.8) is 0 Å². The Hall–Kier alpha value is -1.18. The largest absolute Gasteiger partial charge is 0.347 e. The molecule has 0 saturated carbocycles. The average molecular weight is 431 g/mol. The van der Waals surface area contributed by atoms with Crippen LogP contribution >= 0.6 is 36.2 Å². The van der Waals surface area contributed by atoms with Crippen LogP contribution in [0, 0.1) is 0 Å². The van der Waals surface area contributed by atoms with E-state index in [1.165, 1.54) is 55.7 Å². The molecule has 1 aromatic heterocycles. The van der Waals surface area contributed by atoms with Crippen LogP contribution in [0.5, 0.6) is 0 Å². The second-order valence-corrected chi connectivity index (χ2v) is 7.47. The summed E-state index contributed by atoms with van der Waals surface area (Å²) in [6.45, 7) is 4.26. The van der Waals surface area contributed by atoms with Gasteiger partial charge in [-0.3, -0.25) is 9.69 Å². The Balaban J connectivity index is 0.00000182. The molecule has 1 aromatic carbocycles. The molecule has 0 aliphatic carbocycles. The van der Waals surface area contributed by atoms with Crippen LogP contribution in [0.2, 0.25) is 0 Å². The Kier molecular flexibility index (Phi) is 10.9. The normalized spacial score (nSPS) is 14.6. The van der Waals surface area contributed by atoms with Crippen LogP contribution in [0.25, 0.3) is 0 Å². The van der Waals surface area contributed by atoms with Crippen LogP contribution in [0.1, 0.15) is 52.3 Å². The van der Waals surface area contributed by atoms with Gasteiger partial charge in [0.2, 0.25) is 0 Å². The van der Waals surface area contributed by atoms with Crippen molar-refractivity contribution in [1.82, 2.24) is 15.2 Å². The monoisotopic (exact) mass is 430 g/mol. The molecule has 5 nitrogen and oxygen atoms in total. The van der Waals surface area contributed by atoms with E-state index in [9.17, 15) is 4.79 Å². The number of nitrogens with two attached hydrogens (primary N) is 1. The number of hydrogen-bond acceptors (Lipinski definition) is 5. The zero-order valence-electron chi connectivity index (χ0n) is 15.4. The van der Waals surface area contributed by atoms with Gasteiger partial charge < -0.3 is 11.1 Å². The van der Waals surface area contributed by atoms with Gasteiger partial charge in [0.15, 0.2) is 0 Å². The number of likely N-dealkylation sites (tertiary alicyclic amines) is 1. The van der Waals surface area contributed by atoms with Crippen molar-refractivity contribution in [1.29, 1.82) is 0 Å². The predicted octanol–water partition coefficient (Wildman–Crippen LogP) is 3.75. The van der Waals surface area contributed by atoms with Crippen molar-refractivity contribution in [2.75, 3.05) is 13.1 Å². The molecule has 1 amide bonds. The Morgan fingerprint density at radius 1 is 1.15 bits per heavy atom. The second kappa shape index (κ2) is 12.3. The van der Waals surface area contributed by atoms with Gasteiger partial charge in [-0.15, -0.1) is 36.2 Å². The molecule has 1 saturated heterocycles. The topological polar surface area (TPSA) is 71.2 Å². The van der Waals surface area contributed by atoms with Gasteiger partial charge in [-0.1, -0.05) is 37.1 Å². The summed E-state index contributed by atoms with van der Waals surface area (Å²) in [6.07, 6.45) is 5.30. The van der Waals surface area contributed by atoms with Crippen LogP contribution in [0.4, 0.5) is 0 Å². The first-order valence-electron chi connectivity index (χ1n) is 8.97. The van der Waals surface area contributed by atoms with Crippen LogP contribution in [0.3, 0.4) is 0 Å². The minimum atomic E-state index is -0.145. The van der Waals surface area contributed by atoms with E-state index in [-0.39, 0.29) is 30.7 Å². The zero-order chi connectivity index (χ0) is 17.5. The molecule has 0 atom stereocenters. The number of carbonyl (C=O) groups excluding carboxylic acids is 1. The number of amides is 1. The SMILES string of the molecule is Cl.Cl.NCc1nc(C(=O)NCc2cccc(CN3CCCCCC3)c2)cs1. The van der Waals surface area contributed by atoms with Gasteiger partial charge in [-0.05, 0) is 37.1 Å². The summed E-state index contributed by atoms with van der Waals surface area (Å²) >= 11 is 1.42. The van der Waals surface area contributed by atoms with Gasteiger partial charge in [-0.25, -0.2) is 4.98 Å². The third-order valence-corrected chi connectivity index (χ3v) is 5.38. The Bertz CT molecular complexity index is 703. The molecule has 1 fully saturated rings. The predicted molar refractivity (Wildman–Crippen MR) is 116 cm³/mol. The first kappa shape index (κ1) is 23.9. The van der Waals surface area contributed by atoms with Crippen molar-refractivity contribution in [2.24, 2.45) is 5.73 Å². The highest BCUT2D eigenvalue weighted by Crippen LogP contribution is 2.14. The maximum Gasteiger partial charge on any atom is 0.271 e. The van der Waals surface area contributed by atoms with E-state index in [0.29, 0.717) is 18.8 Å². The molecule has 8 heteroatoms. The minimum absolute atomic E-state index is 0. The number of aromatic nitrogens is 1. The maximum atomic E-state index is 12.2. The highest BCUT2D eigenvalue weighted by molar-refractivity contribution is 7.09. The number of halogens is 2. The molecule has 3 rings (SSSR count). The van der Waals surface area contributed by atoms with Gasteiger partial charge >= 0.3 is 0 Å². The van der Waals surface area contributed by atoms with Crippen LogP contribution < -0.4 is 11.1 Å². The number of rotatable bonds is 6. The molecule has 1 aliphatic rings. The molecule has 1 aliphatic heterocycles. The number of hydrogen-bond donors (Lipinski definition) is 2. The van der Waals surface area contributed by atoms with Gasteiger partial charge in [0.1, 0.15) is 10.7 Å². The fraction of sp³-hybridized carbons (Fsp3) is 0.474. The lowest BCUT2D eigenvalue weighted by atomic mass is 10.1. The van der Waals surface area contributed by atoms with Crippen LogP contribution in [0.15, 0.2) is 29.6 Å². The van der Waals surface area contributed by atoms with E-state index in [4.69, 9.17) is 5.73 Å². The smallest absolute Gasteiger partial charge is 0.271 e. The van der Waals surface area contributed by atoms with Crippen molar-refractivity contribution >= 4 is 42.1 Å². The Morgan fingerprint density at radius 2 is 1.85 bits per heavy atom. The zero-order valence-corrected chi connectivity index (χ0v) is 17.8. The number of nitrogens with zero attached hydrogens (tertiary/aromatic N) is 2. The number of thiazole rings is 1. The molecule has 0 radical (unpaired) electrons. The van der Waals surface area contributed by atoms with E-state index < -0.39 is 0 Å². The van der Waals surface area contributed by atoms with Crippen molar-refractivity contribution < 1.29 is 4.79 Å². The Morgan fingerprint density at radius 3 is 2.52 bits per heavy atom.